The average molecular weight is 491 g/mol. The molecule has 1 spiro atoms. The van der Waals surface area contributed by atoms with E-state index < -0.39 is 28.2 Å². The third-order valence-electron chi connectivity index (χ3n) is 8.63. The Hall–Kier alpha value is -3.79. The van der Waals surface area contributed by atoms with Crippen molar-refractivity contribution >= 4 is 34.8 Å². The first-order chi connectivity index (χ1) is 17.1. The van der Waals surface area contributed by atoms with Crippen LogP contribution in [0.5, 0.6) is 5.75 Å². The first kappa shape index (κ1) is 22.7. The first-order valence-electron chi connectivity index (χ1n) is 12.0. The van der Waals surface area contributed by atoms with Gasteiger partial charge in [0, 0.05) is 29.4 Å². The lowest BCUT2D eigenvalue weighted by Crippen LogP contribution is -2.54. The Kier molecular flexibility index (Phi) is 4.63. The van der Waals surface area contributed by atoms with Crippen LogP contribution < -0.4 is 15.0 Å². The molecule has 6 rings (SSSR count). The van der Waals surface area contributed by atoms with Crippen LogP contribution in [-0.4, -0.2) is 47.2 Å². The predicted octanol–water partition coefficient (Wildman–Crippen LogP) is 2.96. The average Bonchev–Trinajstić information content (AvgIpc) is 3.55. The fraction of sp³-hybridized carbons (Fsp3) is 0.423. The van der Waals surface area contributed by atoms with Crippen LogP contribution in [0.1, 0.15) is 35.1 Å². The second-order valence-electron chi connectivity index (χ2n) is 10.1. The number of aryl methyl sites for hydroxylation is 2. The van der Waals surface area contributed by atoms with Gasteiger partial charge in [-0.15, -0.1) is 0 Å². The number of fused-ring (bicyclic) bond motifs is 7. The lowest BCUT2D eigenvalue weighted by molar-refractivity contribution is -0.385. The minimum atomic E-state index is -1.26. The van der Waals surface area contributed by atoms with E-state index in [1.165, 1.54) is 19.2 Å². The molecule has 2 aromatic rings. The first-order valence-corrected chi connectivity index (χ1v) is 12.0. The van der Waals surface area contributed by atoms with Crippen molar-refractivity contribution in [3.8, 4) is 5.75 Å². The molecule has 3 amide bonds. The Morgan fingerprint density at radius 3 is 2.56 bits per heavy atom. The smallest absolute Gasteiger partial charge is 0.311 e. The third kappa shape index (κ3) is 2.52. The molecule has 3 saturated heterocycles. The number of nitro benzene ring substituents is 1. The van der Waals surface area contributed by atoms with Crippen molar-refractivity contribution in [3.63, 3.8) is 0 Å². The maximum atomic E-state index is 14.2. The summed E-state index contributed by atoms with van der Waals surface area (Å²) in [5.74, 6) is -2.71. The van der Waals surface area contributed by atoms with Gasteiger partial charge in [-0.25, -0.2) is 4.90 Å². The Labute approximate surface area is 207 Å². The molecule has 186 valence electrons. The quantitative estimate of drug-likeness (QED) is 0.399. The molecular formula is C26H26N4O6. The summed E-state index contributed by atoms with van der Waals surface area (Å²) >= 11 is 0. The predicted molar refractivity (Wildman–Crippen MR) is 130 cm³/mol. The summed E-state index contributed by atoms with van der Waals surface area (Å²) in [5.41, 5.74) is 2.59. The molecular weight excluding hydrogens is 464 g/mol. The lowest BCUT2D eigenvalue weighted by atomic mass is 9.75. The van der Waals surface area contributed by atoms with Gasteiger partial charge < -0.3 is 10.1 Å². The summed E-state index contributed by atoms with van der Waals surface area (Å²) < 4.78 is 5.21. The fourth-order valence-corrected chi connectivity index (χ4v) is 6.97. The van der Waals surface area contributed by atoms with E-state index in [1.54, 1.807) is 6.92 Å². The second kappa shape index (κ2) is 7.36. The van der Waals surface area contributed by atoms with Gasteiger partial charge in [-0.1, -0.05) is 12.1 Å². The zero-order chi connectivity index (χ0) is 25.7. The number of hydrogen-bond donors (Lipinski definition) is 1. The highest BCUT2D eigenvalue weighted by Crippen LogP contribution is 2.61. The minimum absolute atomic E-state index is 0.0366. The van der Waals surface area contributed by atoms with Crippen molar-refractivity contribution in [2.75, 3.05) is 23.9 Å². The zero-order valence-electron chi connectivity index (χ0n) is 20.5. The molecule has 0 radical (unpaired) electrons. The van der Waals surface area contributed by atoms with Crippen LogP contribution in [-0.2, 0) is 19.9 Å². The van der Waals surface area contributed by atoms with E-state index in [9.17, 15) is 24.5 Å². The van der Waals surface area contributed by atoms with Gasteiger partial charge in [0.1, 0.15) is 5.54 Å². The van der Waals surface area contributed by atoms with Crippen LogP contribution in [0.15, 0.2) is 24.3 Å². The largest absolute Gasteiger partial charge is 0.490 e. The van der Waals surface area contributed by atoms with Crippen LogP contribution in [0.4, 0.5) is 17.1 Å². The van der Waals surface area contributed by atoms with Crippen LogP contribution >= 0.6 is 0 Å². The summed E-state index contributed by atoms with van der Waals surface area (Å²) in [6.45, 7) is 6.17. The number of imide groups is 1. The Balaban J connectivity index is 1.54. The maximum absolute atomic E-state index is 14.2. The lowest BCUT2D eigenvalue weighted by Gasteiger charge is -2.36. The summed E-state index contributed by atoms with van der Waals surface area (Å²) in [4.78, 5) is 56.1. The van der Waals surface area contributed by atoms with Gasteiger partial charge in [0.25, 0.3) is 0 Å². The highest BCUT2D eigenvalue weighted by molar-refractivity contribution is 6.26. The Morgan fingerprint density at radius 2 is 1.86 bits per heavy atom. The minimum Gasteiger partial charge on any atom is -0.490 e. The number of methoxy groups -OCH3 is 1. The van der Waals surface area contributed by atoms with E-state index >= 15 is 0 Å². The molecule has 36 heavy (non-hydrogen) atoms. The van der Waals surface area contributed by atoms with Crippen molar-refractivity contribution in [1.29, 1.82) is 0 Å². The van der Waals surface area contributed by atoms with Gasteiger partial charge in [0.05, 0.1) is 29.6 Å². The van der Waals surface area contributed by atoms with E-state index in [0.717, 1.165) is 33.7 Å². The van der Waals surface area contributed by atoms with Crippen molar-refractivity contribution in [2.24, 2.45) is 11.8 Å². The van der Waals surface area contributed by atoms with Crippen molar-refractivity contribution in [3.05, 3.63) is 56.6 Å². The highest BCUT2D eigenvalue weighted by atomic mass is 16.6. The number of carbonyl (C=O) groups is 3. The van der Waals surface area contributed by atoms with Gasteiger partial charge in [-0.05, 0) is 56.8 Å². The Bertz CT molecular complexity index is 1400. The summed E-state index contributed by atoms with van der Waals surface area (Å²) in [6.07, 6.45) is 1.54. The topological polar surface area (TPSA) is 122 Å². The molecule has 1 N–H and O–H groups in total. The number of nitro groups is 1. The van der Waals surface area contributed by atoms with Crippen LogP contribution in [0.25, 0.3) is 0 Å². The molecule has 0 bridgehead atoms. The molecule has 2 aromatic carbocycles. The van der Waals surface area contributed by atoms with E-state index in [4.69, 9.17) is 4.74 Å². The number of benzene rings is 2. The molecule has 4 aliphatic heterocycles. The van der Waals surface area contributed by atoms with Gasteiger partial charge >= 0.3 is 5.69 Å². The molecule has 0 aromatic heterocycles. The molecule has 0 unspecified atom stereocenters. The molecule has 4 heterocycles. The number of carbonyl (C=O) groups excluding carboxylic acids is 3. The van der Waals surface area contributed by atoms with Crippen LogP contribution in [0, 0.1) is 42.7 Å². The van der Waals surface area contributed by atoms with E-state index in [2.05, 4.69) is 10.2 Å². The number of rotatable bonds is 3. The maximum Gasteiger partial charge on any atom is 0.311 e. The SMILES string of the molecule is COc1cc(N2C(=O)[C@@H]3[C@H]4CCCN4[C@]4(C(=O)Nc5c4ccc(C)c5C)[C@@H]3C2=O)c(C)cc1[N+](=O)[O-]. The van der Waals surface area contributed by atoms with Gasteiger partial charge in [0.2, 0.25) is 17.7 Å². The zero-order valence-corrected chi connectivity index (χ0v) is 20.5. The normalized spacial score (nSPS) is 28.5. The summed E-state index contributed by atoms with van der Waals surface area (Å²) in [7, 11) is 1.30. The highest BCUT2D eigenvalue weighted by Gasteiger charge is 2.74. The molecule has 0 aliphatic carbocycles. The molecule has 10 heteroatoms. The molecule has 4 aliphatic rings. The number of anilines is 2. The number of ether oxygens (including phenoxy) is 1. The van der Waals surface area contributed by atoms with Gasteiger partial charge in [-0.3, -0.25) is 29.4 Å². The summed E-state index contributed by atoms with van der Waals surface area (Å²) in [6, 6.07) is 6.31. The number of hydrogen-bond acceptors (Lipinski definition) is 7. The second-order valence-corrected chi connectivity index (χ2v) is 10.1. The summed E-state index contributed by atoms with van der Waals surface area (Å²) in [5, 5.41) is 14.5. The van der Waals surface area contributed by atoms with Crippen molar-refractivity contribution in [1.82, 2.24) is 4.90 Å². The van der Waals surface area contributed by atoms with E-state index in [-0.39, 0.29) is 35.0 Å². The van der Waals surface area contributed by atoms with E-state index in [1.807, 2.05) is 26.0 Å². The molecule has 3 fully saturated rings. The van der Waals surface area contributed by atoms with Gasteiger partial charge in [-0.2, -0.15) is 0 Å². The molecule has 0 saturated carbocycles. The third-order valence-corrected chi connectivity index (χ3v) is 8.63. The molecule has 4 atom stereocenters. The van der Waals surface area contributed by atoms with Crippen LogP contribution in [0.3, 0.4) is 0 Å². The Morgan fingerprint density at radius 1 is 1.11 bits per heavy atom. The van der Waals surface area contributed by atoms with Crippen molar-refractivity contribution in [2.45, 2.75) is 45.2 Å². The van der Waals surface area contributed by atoms with Gasteiger partial charge in [0.15, 0.2) is 5.75 Å². The standard InChI is InChI=1S/C26H26N4O6/c1-12-7-8-15-22(14(12)3)27-25(33)26(15)21-20(16-6-5-9-28(16)26)23(31)29(24(21)32)17-11-19(36-4)18(30(34)35)10-13(17)2/h7-8,10-11,16,20-21H,5-6,9H2,1-4H3,(H,27,33)/t16-,20-,21+,26+/m1/s1. The van der Waals surface area contributed by atoms with Crippen molar-refractivity contribution < 1.29 is 24.0 Å². The van der Waals surface area contributed by atoms with E-state index in [0.29, 0.717) is 18.5 Å². The number of amides is 3. The number of nitrogens with one attached hydrogen (secondary N) is 1. The number of nitrogens with zero attached hydrogens (tertiary/aromatic N) is 3. The monoisotopic (exact) mass is 490 g/mol. The fourth-order valence-electron chi connectivity index (χ4n) is 6.97. The molecule has 10 nitrogen and oxygen atoms in total. The van der Waals surface area contributed by atoms with Crippen LogP contribution in [0.2, 0.25) is 0 Å².